The highest BCUT2D eigenvalue weighted by Gasteiger charge is 2.31. The Hall–Kier alpha value is -2.19. The third-order valence-corrected chi connectivity index (χ3v) is 5.94. The largest absolute Gasteiger partial charge is 0.872 e. The molecule has 7 heteroatoms. The van der Waals surface area contributed by atoms with Crippen LogP contribution in [0.1, 0.15) is 21.5 Å². The van der Waals surface area contributed by atoms with Gasteiger partial charge in [0.2, 0.25) is 5.78 Å². The molecule has 2 aliphatic heterocycles. The molecule has 0 unspecified atom stereocenters. The van der Waals surface area contributed by atoms with Crippen LogP contribution < -0.4 is 14.7 Å². The molecule has 0 amide bonds. The molecule has 2 aliphatic rings. The molecule has 6 nitrogen and oxygen atoms in total. The summed E-state index contributed by atoms with van der Waals surface area (Å²) >= 11 is 3.43. The van der Waals surface area contributed by atoms with E-state index >= 15 is 0 Å². The van der Waals surface area contributed by atoms with Gasteiger partial charge in [0.1, 0.15) is 12.3 Å². The maximum Gasteiger partial charge on any atom is 0.231 e. The normalized spacial score (nSPS) is 18.8. The number of ketones is 1. The van der Waals surface area contributed by atoms with Gasteiger partial charge in [0.05, 0.1) is 25.3 Å². The molecule has 0 atom stereocenters. The number of carbonyl (C=O) groups is 1. The van der Waals surface area contributed by atoms with E-state index in [1.165, 1.54) is 11.0 Å². The molecule has 2 heterocycles. The van der Waals surface area contributed by atoms with Crippen molar-refractivity contribution < 1.29 is 24.6 Å². The second kappa shape index (κ2) is 8.67. The number of Topliss-reactive ketones (excluding diaryl/α,β-unsaturated/α-hetero) is 1. The molecular weight excluding hydrogens is 436 g/mol. The molecule has 1 fully saturated rings. The van der Waals surface area contributed by atoms with Gasteiger partial charge in [0.15, 0.2) is 5.76 Å². The number of quaternary nitrogens is 1. The lowest BCUT2D eigenvalue weighted by Gasteiger charge is -2.32. The van der Waals surface area contributed by atoms with Crippen molar-refractivity contribution in [1.29, 1.82) is 0 Å². The van der Waals surface area contributed by atoms with E-state index in [-0.39, 0.29) is 23.9 Å². The number of β-amino-alcohol motifs (C(OH)–C–C–N with tert-alkyl or cyclic N) is 1. The number of aliphatic hydroxyl groups is 1. The van der Waals surface area contributed by atoms with E-state index in [9.17, 15) is 9.90 Å². The number of hydrogen-bond donors (Lipinski definition) is 2. The Labute approximate surface area is 178 Å². The molecule has 2 aromatic carbocycles. The Bertz CT molecular complexity index is 952. The number of rotatable bonds is 5. The Morgan fingerprint density at radius 3 is 2.76 bits per heavy atom. The van der Waals surface area contributed by atoms with Gasteiger partial charge in [-0.05, 0) is 29.8 Å². The van der Waals surface area contributed by atoms with Crippen LogP contribution >= 0.6 is 15.9 Å². The van der Waals surface area contributed by atoms with Gasteiger partial charge in [-0.25, -0.2) is 0 Å². The summed E-state index contributed by atoms with van der Waals surface area (Å²) in [5.41, 5.74) is 1.88. The van der Waals surface area contributed by atoms with Gasteiger partial charge in [-0.15, -0.1) is 0 Å². The second-order valence-electron chi connectivity index (χ2n) is 7.41. The average molecular weight is 459 g/mol. The molecule has 152 valence electrons. The van der Waals surface area contributed by atoms with E-state index in [0.717, 1.165) is 36.2 Å². The third-order valence-electron chi connectivity index (χ3n) is 5.45. The first-order valence-corrected chi connectivity index (χ1v) is 10.5. The van der Waals surface area contributed by atoms with Gasteiger partial charge < -0.3 is 19.8 Å². The molecule has 29 heavy (non-hydrogen) atoms. The van der Waals surface area contributed by atoms with Gasteiger partial charge in [-0.2, -0.15) is 0 Å². The van der Waals surface area contributed by atoms with E-state index in [1.807, 2.05) is 24.3 Å². The minimum atomic E-state index is -0.191. The highest BCUT2D eigenvalue weighted by atomic mass is 79.9. The van der Waals surface area contributed by atoms with Crippen molar-refractivity contribution in [3.63, 3.8) is 0 Å². The molecule has 0 bridgehead atoms. The second-order valence-corrected chi connectivity index (χ2v) is 8.32. The van der Waals surface area contributed by atoms with Crippen molar-refractivity contribution in [3.05, 3.63) is 63.3 Å². The number of halogens is 1. The lowest BCUT2D eigenvalue weighted by molar-refractivity contribution is -0.918. The standard InChI is InChI=1S/C22H23BrN2O4/c23-16-3-1-2-15(12-16)13-20-21(28)17-4-5-19(27)18(22(17)29-20)14-25-8-6-24(7-9-25)10-11-26/h1-5,12-13,26-27H,6-11,14H2/b20-13-. The number of fused-ring (bicyclic) bond motifs is 1. The highest BCUT2D eigenvalue weighted by Crippen LogP contribution is 2.38. The lowest BCUT2D eigenvalue weighted by atomic mass is 10.0. The highest BCUT2D eigenvalue weighted by molar-refractivity contribution is 9.10. The molecule has 0 saturated carbocycles. The van der Waals surface area contributed by atoms with Crippen LogP contribution in [0, 0.1) is 0 Å². The van der Waals surface area contributed by atoms with E-state index in [2.05, 4.69) is 20.8 Å². The lowest BCUT2D eigenvalue weighted by Crippen LogP contribution is -3.13. The summed E-state index contributed by atoms with van der Waals surface area (Å²) in [6.07, 6.45) is 1.71. The molecule has 0 spiro atoms. The van der Waals surface area contributed by atoms with Crippen LogP contribution in [0.25, 0.3) is 6.08 Å². The predicted octanol–water partition coefficient (Wildman–Crippen LogP) is 0.832. The summed E-state index contributed by atoms with van der Waals surface area (Å²) < 4.78 is 6.83. The SMILES string of the molecule is O=C1/C(=C/c2cccc(Br)c2)Oc2c1ccc([O-])c2C[NH+]1CCN(CCO)CC1. The van der Waals surface area contributed by atoms with Crippen LogP contribution in [0.4, 0.5) is 0 Å². The summed E-state index contributed by atoms with van der Waals surface area (Å²) in [6.45, 7) is 4.92. The minimum Gasteiger partial charge on any atom is -0.872 e. The van der Waals surface area contributed by atoms with E-state index in [1.54, 1.807) is 12.1 Å². The fourth-order valence-corrected chi connectivity index (χ4v) is 4.28. The number of allylic oxidation sites excluding steroid dienone is 1. The Kier molecular flexibility index (Phi) is 6.01. The minimum absolute atomic E-state index is 0.0921. The van der Waals surface area contributed by atoms with Gasteiger partial charge in [-0.3, -0.25) is 9.69 Å². The fourth-order valence-electron chi connectivity index (χ4n) is 3.87. The Balaban J connectivity index is 1.55. The van der Waals surface area contributed by atoms with Crippen LogP contribution in [0.3, 0.4) is 0 Å². The smallest absolute Gasteiger partial charge is 0.231 e. The number of benzene rings is 2. The molecule has 0 aliphatic carbocycles. The maximum absolute atomic E-state index is 12.8. The third kappa shape index (κ3) is 4.38. The molecule has 2 aromatic rings. The molecule has 2 N–H and O–H groups in total. The zero-order valence-corrected chi connectivity index (χ0v) is 17.6. The fraction of sp³-hybridized carbons (Fsp3) is 0.318. The molecule has 0 aromatic heterocycles. The first-order valence-electron chi connectivity index (χ1n) is 9.74. The van der Waals surface area contributed by atoms with Crippen LogP contribution in [-0.2, 0) is 6.54 Å². The number of nitrogens with zero attached hydrogens (tertiary/aromatic N) is 1. The zero-order chi connectivity index (χ0) is 20.4. The van der Waals surface area contributed by atoms with Crippen LogP contribution in [-0.4, -0.2) is 55.1 Å². The number of nitrogens with one attached hydrogen (secondary N) is 1. The maximum atomic E-state index is 12.8. The van der Waals surface area contributed by atoms with Crippen molar-refractivity contribution in [2.45, 2.75) is 6.54 Å². The van der Waals surface area contributed by atoms with E-state index in [4.69, 9.17) is 9.84 Å². The quantitative estimate of drug-likeness (QED) is 0.649. The first-order chi connectivity index (χ1) is 14.0. The summed E-state index contributed by atoms with van der Waals surface area (Å²) in [5, 5.41) is 21.6. The Morgan fingerprint density at radius 1 is 1.24 bits per heavy atom. The number of piperazine rings is 1. The van der Waals surface area contributed by atoms with Crippen molar-refractivity contribution in [3.8, 4) is 11.5 Å². The molecule has 0 radical (unpaired) electrons. The molecule has 1 saturated heterocycles. The first kappa shape index (κ1) is 20.1. The predicted molar refractivity (Wildman–Crippen MR) is 111 cm³/mol. The Morgan fingerprint density at radius 2 is 2.03 bits per heavy atom. The van der Waals surface area contributed by atoms with Crippen molar-refractivity contribution in [2.75, 3.05) is 39.3 Å². The topological polar surface area (TPSA) is 77.3 Å². The molecular formula is C22H23BrN2O4. The van der Waals surface area contributed by atoms with Crippen molar-refractivity contribution >= 4 is 27.8 Å². The number of carbonyl (C=O) groups excluding carboxylic acids is 1. The van der Waals surface area contributed by atoms with Gasteiger partial charge in [0, 0.05) is 29.7 Å². The number of hydrogen-bond acceptors (Lipinski definition) is 5. The van der Waals surface area contributed by atoms with Gasteiger partial charge in [-0.1, -0.05) is 39.9 Å². The number of aliphatic hydroxyl groups excluding tert-OH is 1. The summed E-state index contributed by atoms with van der Waals surface area (Å²) in [5.74, 6) is 0.372. The number of ether oxygens (including phenoxy) is 1. The van der Waals surface area contributed by atoms with Crippen LogP contribution in [0.15, 0.2) is 46.6 Å². The van der Waals surface area contributed by atoms with Crippen LogP contribution in [0.2, 0.25) is 0 Å². The van der Waals surface area contributed by atoms with Gasteiger partial charge in [0.25, 0.3) is 0 Å². The zero-order valence-electron chi connectivity index (χ0n) is 16.0. The van der Waals surface area contributed by atoms with Gasteiger partial charge >= 0.3 is 0 Å². The van der Waals surface area contributed by atoms with E-state index < -0.39 is 0 Å². The summed E-state index contributed by atoms with van der Waals surface area (Å²) in [4.78, 5) is 16.3. The van der Waals surface area contributed by atoms with Crippen LogP contribution in [0.5, 0.6) is 11.5 Å². The summed E-state index contributed by atoms with van der Waals surface area (Å²) in [6, 6.07) is 10.7. The van der Waals surface area contributed by atoms with Crippen molar-refractivity contribution in [1.82, 2.24) is 4.90 Å². The average Bonchev–Trinajstić information content (AvgIpc) is 3.01. The van der Waals surface area contributed by atoms with E-state index in [0.29, 0.717) is 30.0 Å². The van der Waals surface area contributed by atoms with Crippen molar-refractivity contribution in [2.24, 2.45) is 0 Å². The molecule has 4 rings (SSSR count). The summed E-state index contributed by atoms with van der Waals surface area (Å²) in [7, 11) is 0. The monoisotopic (exact) mass is 458 g/mol.